The van der Waals surface area contributed by atoms with Crippen molar-refractivity contribution in [2.24, 2.45) is 0 Å². The van der Waals surface area contributed by atoms with Crippen molar-refractivity contribution in [1.82, 2.24) is 10.2 Å². The topological polar surface area (TPSA) is 97.4 Å². The molecule has 0 bridgehead atoms. The van der Waals surface area contributed by atoms with Gasteiger partial charge in [0, 0.05) is 18.7 Å². The number of nitrogens with zero attached hydrogens (tertiary/aromatic N) is 2. The molecule has 9 heteroatoms. The molecule has 0 aliphatic carbocycles. The van der Waals surface area contributed by atoms with Crippen LogP contribution in [0.4, 0.5) is 5.69 Å². The number of rotatable bonds is 12. The molecular formula is C26H33N3O6. The quantitative estimate of drug-likeness (QED) is 0.463. The van der Waals surface area contributed by atoms with Crippen molar-refractivity contribution < 1.29 is 28.6 Å². The number of carbonyl (C=O) groups excluding carboxylic acids is 3. The van der Waals surface area contributed by atoms with Gasteiger partial charge in [-0.1, -0.05) is 19.9 Å². The summed E-state index contributed by atoms with van der Waals surface area (Å²) in [4.78, 5) is 41.5. The Morgan fingerprint density at radius 1 is 1.11 bits per heavy atom. The number of methoxy groups -OCH3 is 1. The van der Waals surface area contributed by atoms with E-state index >= 15 is 0 Å². The van der Waals surface area contributed by atoms with Gasteiger partial charge < -0.3 is 24.4 Å². The van der Waals surface area contributed by atoms with Crippen molar-refractivity contribution in [2.45, 2.75) is 20.8 Å². The van der Waals surface area contributed by atoms with Crippen LogP contribution in [0.5, 0.6) is 17.2 Å². The maximum atomic E-state index is 12.8. The highest BCUT2D eigenvalue weighted by Crippen LogP contribution is 2.33. The second-order valence-corrected chi connectivity index (χ2v) is 8.19. The zero-order valence-corrected chi connectivity index (χ0v) is 20.8. The molecular weight excluding hydrogens is 450 g/mol. The van der Waals surface area contributed by atoms with Gasteiger partial charge in [0.25, 0.3) is 5.91 Å². The molecule has 1 aliphatic heterocycles. The van der Waals surface area contributed by atoms with Gasteiger partial charge in [-0.3, -0.25) is 19.3 Å². The highest BCUT2D eigenvalue weighted by Gasteiger charge is 2.28. The molecule has 0 saturated carbocycles. The fourth-order valence-corrected chi connectivity index (χ4v) is 3.76. The number of amides is 2. The number of likely N-dealkylation sites (N-methyl/N-ethyl adjacent to an activating group) is 1. The summed E-state index contributed by atoms with van der Waals surface area (Å²) in [5.74, 6) is 0.549. The fraction of sp³-hybridized carbons (Fsp3) is 0.423. The molecule has 1 N–H and O–H groups in total. The Morgan fingerprint density at radius 3 is 2.60 bits per heavy atom. The van der Waals surface area contributed by atoms with Crippen LogP contribution in [0.25, 0.3) is 0 Å². The van der Waals surface area contributed by atoms with E-state index in [4.69, 9.17) is 14.2 Å². The first-order valence-corrected chi connectivity index (χ1v) is 11.7. The van der Waals surface area contributed by atoms with Gasteiger partial charge in [0.2, 0.25) is 5.91 Å². The molecule has 0 saturated heterocycles. The first-order chi connectivity index (χ1) is 16.9. The second kappa shape index (κ2) is 12.2. The van der Waals surface area contributed by atoms with E-state index in [1.54, 1.807) is 24.3 Å². The summed E-state index contributed by atoms with van der Waals surface area (Å²) in [6.07, 6.45) is 0. The third-order valence-electron chi connectivity index (χ3n) is 5.85. The van der Waals surface area contributed by atoms with E-state index in [2.05, 4.69) is 24.1 Å². The van der Waals surface area contributed by atoms with Crippen molar-refractivity contribution in [3.05, 3.63) is 47.5 Å². The average molecular weight is 484 g/mol. The van der Waals surface area contributed by atoms with Gasteiger partial charge in [-0.05, 0) is 55.9 Å². The molecule has 35 heavy (non-hydrogen) atoms. The van der Waals surface area contributed by atoms with Crippen LogP contribution in [0.2, 0.25) is 0 Å². The summed E-state index contributed by atoms with van der Waals surface area (Å²) in [6, 6.07) is 10.3. The second-order valence-electron chi connectivity index (χ2n) is 8.19. The molecule has 9 nitrogen and oxygen atoms in total. The summed E-state index contributed by atoms with van der Waals surface area (Å²) in [5.41, 5.74) is 1.75. The number of carbonyl (C=O) groups is 3. The van der Waals surface area contributed by atoms with Crippen LogP contribution in [0, 0.1) is 6.92 Å². The third-order valence-corrected chi connectivity index (χ3v) is 5.85. The van der Waals surface area contributed by atoms with E-state index < -0.39 is 0 Å². The van der Waals surface area contributed by atoms with Crippen molar-refractivity contribution in [3.8, 4) is 17.2 Å². The number of nitrogens with one attached hydrogen (secondary N) is 1. The molecule has 3 rings (SSSR count). The predicted octanol–water partition coefficient (Wildman–Crippen LogP) is 2.45. The van der Waals surface area contributed by atoms with Gasteiger partial charge in [-0.2, -0.15) is 0 Å². The molecule has 0 radical (unpaired) electrons. The SMILES string of the molecule is CCN(CC)CCNC(=O)CN1C(=O)COc2ccc(C(=O)COc3ccc(C)cc3OC)cc21. The molecule has 2 aromatic rings. The lowest BCUT2D eigenvalue weighted by Crippen LogP contribution is -2.46. The van der Waals surface area contributed by atoms with Crippen LogP contribution in [-0.4, -0.2) is 75.5 Å². The van der Waals surface area contributed by atoms with Gasteiger partial charge in [-0.25, -0.2) is 0 Å². The first-order valence-electron chi connectivity index (χ1n) is 11.7. The molecule has 188 valence electrons. The van der Waals surface area contributed by atoms with E-state index in [-0.39, 0.29) is 37.4 Å². The average Bonchev–Trinajstić information content (AvgIpc) is 2.87. The normalized spacial score (nSPS) is 12.7. The van der Waals surface area contributed by atoms with Crippen LogP contribution in [0.1, 0.15) is 29.8 Å². The van der Waals surface area contributed by atoms with Crippen molar-refractivity contribution >= 4 is 23.3 Å². The Labute approximate surface area is 205 Å². The number of aryl methyl sites for hydroxylation is 1. The van der Waals surface area contributed by atoms with Crippen molar-refractivity contribution in [3.63, 3.8) is 0 Å². The number of hydrogen-bond donors (Lipinski definition) is 1. The summed E-state index contributed by atoms with van der Waals surface area (Å²) in [7, 11) is 1.54. The molecule has 1 heterocycles. The van der Waals surface area contributed by atoms with E-state index in [9.17, 15) is 14.4 Å². The molecule has 2 aromatic carbocycles. The molecule has 0 atom stereocenters. The van der Waals surface area contributed by atoms with Gasteiger partial charge in [0.1, 0.15) is 12.3 Å². The maximum absolute atomic E-state index is 12.8. The molecule has 0 fully saturated rings. The standard InChI is InChI=1S/C26H33N3O6/c1-5-28(6-2)12-11-27-25(31)15-29-20-14-19(8-10-22(20)35-17-26(29)32)21(30)16-34-23-9-7-18(3)13-24(23)33-4/h7-10,13-14H,5-6,11-12,15-17H2,1-4H3,(H,27,31). The molecule has 1 aliphatic rings. The Hall–Kier alpha value is -3.59. The van der Waals surface area contributed by atoms with Gasteiger partial charge in [0.05, 0.1) is 12.8 Å². The van der Waals surface area contributed by atoms with E-state index in [0.717, 1.165) is 25.2 Å². The summed E-state index contributed by atoms with van der Waals surface area (Å²) in [5, 5.41) is 2.86. The Balaban J connectivity index is 1.67. The number of benzene rings is 2. The van der Waals surface area contributed by atoms with E-state index in [1.807, 2.05) is 19.1 Å². The van der Waals surface area contributed by atoms with Crippen LogP contribution >= 0.6 is 0 Å². The lowest BCUT2D eigenvalue weighted by atomic mass is 10.1. The first kappa shape index (κ1) is 26.0. The van der Waals surface area contributed by atoms with Crippen molar-refractivity contribution in [2.75, 3.05) is 57.9 Å². The predicted molar refractivity (Wildman–Crippen MR) is 133 cm³/mol. The highest BCUT2D eigenvalue weighted by molar-refractivity contribution is 6.04. The van der Waals surface area contributed by atoms with Crippen LogP contribution in [-0.2, 0) is 9.59 Å². The number of hydrogen-bond acceptors (Lipinski definition) is 7. The third kappa shape index (κ3) is 6.73. The summed E-state index contributed by atoms with van der Waals surface area (Å²) in [6.45, 7) is 8.57. The number of fused-ring (bicyclic) bond motifs is 1. The molecule has 2 amide bonds. The van der Waals surface area contributed by atoms with Crippen LogP contribution in [0.15, 0.2) is 36.4 Å². The Morgan fingerprint density at radius 2 is 1.89 bits per heavy atom. The largest absolute Gasteiger partial charge is 0.493 e. The minimum absolute atomic E-state index is 0.151. The summed E-state index contributed by atoms with van der Waals surface area (Å²) < 4.78 is 16.5. The van der Waals surface area contributed by atoms with Gasteiger partial charge in [-0.15, -0.1) is 0 Å². The van der Waals surface area contributed by atoms with Gasteiger partial charge in [0.15, 0.2) is 30.5 Å². The number of Topliss-reactive ketones (excluding diaryl/α,β-unsaturated/α-hetero) is 1. The number of anilines is 1. The molecule has 0 spiro atoms. The Bertz CT molecular complexity index is 1070. The molecule has 0 unspecified atom stereocenters. The molecule has 0 aromatic heterocycles. The smallest absolute Gasteiger partial charge is 0.265 e. The Kier molecular flexibility index (Phi) is 9.08. The fourth-order valence-electron chi connectivity index (χ4n) is 3.76. The minimum Gasteiger partial charge on any atom is -0.493 e. The zero-order chi connectivity index (χ0) is 25.4. The lowest BCUT2D eigenvalue weighted by Gasteiger charge is -2.29. The maximum Gasteiger partial charge on any atom is 0.265 e. The van der Waals surface area contributed by atoms with Crippen molar-refractivity contribution in [1.29, 1.82) is 0 Å². The monoisotopic (exact) mass is 483 g/mol. The number of ether oxygens (including phenoxy) is 3. The van der Waals surface area contributed by atoms with Crippen LogP contribution < -0.4 is 24.4 Å². The zero-order valence-electron chi connectivity index (χ0n) is 20.8. The van der Waals surface area contributed by atoms with E-state index in [1.165, 1.54) is 12.0 Å². The van der Waals surface area contributed by atoms with Gasteiger partial charge >= 0.3 is 0 Å². The lowest BCUT2D eigenvalue weighted by molar-refractivity contribution is -0.125. The number of ketones is 1. The van der Waals surface area contributed by atoms with E-state index in [0.29, 0.717) is 35.0 Å². The summed E-state index contributed by atoms with van der Waals surface area (Å²) >= 11 is 0. The highest BCUT2D eigenvalue weighted by atomic mass is 16.5. The van der Waals surface area contributed by atoms with Crippen LogP contribution in [0.3, 0.4) is 0 Å². The minimum atomic E-state index is -0.346.